The van der Waals surface area contributed by atoms with Crippen LogP contribution in [-0.2, 0) is 9.59 Å². The van der Waals surface area contributed by atoms with E-state index in [4.69, 9.17) is 4.52 Å². The first kappa shape index (κ1) is 19.5. The number of amides is 2. The fourth-order valence-electron chi connectivity index (χ4n) is 4.15. The van der Waals surface area contributed by atoms with Gasteiger partial charge in [0.15, 0.2) is 5.82 Å². The molecular weight excluding hydrogens is 370 g/mol. The highest BCUT2D eigenvalue weighted by molar-refractivity contribution is 5.89. The Balaban J connectivity index is 1.35. The quantitative estimate of drug-likeness (QED) is 0.790. The molecule has 4 rings (SSSR count). The highest BCUT2D eigenvalue weighted by atomic mass is 16.5. The Morgan fingerprint density at radius 1 is 1.17 bits per heavy atom. The largest absolute Gasteiger partial charge is 0.342 e. The Hall–Kier alpha value is -2.77. The molecule has 154 valence electrons. The van der Waals surface area contributed by atoms with Crippen molar-refractivity contribution in [2.75, 3.05) is 19.6 Å². The first-order valence-electron chi connectivity index (χ1n) is 10.2. The highest BCUT2D eigenvalue weighted by Crippen LogP contribution is 2.31. The summed E-state index contributed by atoms with van der Waals surface area (Å²) in [6.07, 6.45) is 5.29. The maximum absolute atomic E-state index is 12.9. The van der Waals surface area contributed by atoms with Crippen molar-refractivity contribution >= 4 is 11.8 Å². The van der Waals surface area contributed by atoms with Crippen molar-refractivity contribution < 1.29 is 14.1 Å². The van der Waals surface area contributed by atoms with Gasteiger partial charge in [0.25, 0.3) is 5.89 Å². The molecule has 0 bridgehead atoms. The van der Waals surface area contributed by atoms with E-state index < -0.39 is 0 Å². The summed E-state index contributed by atoms with van der Waals surface area (Å²) < 4.78 is 5.40. The van der Waals surface area contributed by atoms with Crippen LogP contribution in [0.2, 0.25) is 0 Å². The number of carbonyl (C=O) groups is 2. The summed E-state index contributed by atoms with van der Waals surface area (Å²) >= 11 is 0. The number of rotatable bonds is 3. The molecule has 2 aromatic rings. The molecule has 1 atom stereocenters. The van der Waals surface area contributed by atoms with E-state index in [1.807, 2.05) is 42.7 Å². The number of aromatic nitrogens is 3. The molecule has 0 aromatic carbocycles. The van der Waals surface area contributed by atoms with Crippen LogP contribution in [0.15, 0.2) is 29.0 Å². The van der Waals surface area contributed by atoms with Crippen molar-refractivity contribution in [2.45, 2.75) is 51.5 Å². The highest BCUT2D eigenvalue weighted by Gasteiger charge is 2.41. The summed E-state index contributed by atoms with van der Waals surface area (Å²) in [7, 11) is 0. The van der Waals surface area contributed by atoms with Crippen LogP contribution in [0.5, 0.6) is 0 Å². The topological polar surface area (TPSA) is 92.4 Å². The molecule has 2 amide bonds. The summed E-state index contributed by atoms with van der Waals surface area (Å²) in [5, 5.41) is 4.15. The van der Waals surface area contributed by atoms with Crippen LogP contribution in [0.4, 0.5) is 0 Å². The summed E-state index contributed by atoms with van der Waals surface area (Å²) in [4.78, 5) is 37.5. The van der Waals surface area contributed by atoms with Crippen molar-refractivity contribution in [2.24, 2.45) is 5.92 Å². The molecule has 2 aromatic heterocycles. The van der Waals surface area contributed by atoms with Gasteiger partial charge < -0.3 is 14.3 Å². The zero-order valence-corrected chi connectivity index (χ0v) is 17.2. The number of hydrogen-bond donors (Lipinski definition) is 0. The van der Waals surface area contributed by atoms with E-state index in [9.17, 15) is 9.59 Å². The minimum absolute atomic E-state index is 0.0705. The predicted molar refractivity (Wildman–Crippen MR) is 106 cm³/mol. The second kappa shape index (κ2) is 7.57. The number of pyridine rings is 1. The molecule has 2 saturated heterocycles. The van der Waals surface area contributed by atoms with Crippen LogP contribution in [-0.4, -0.2) is 61.9 Å². The van der Waals surface area contributed by atoms with Crippen LogP contribution >= 0.6 is 0 Å². The SMILES string of the molecule is CC(C)(C)N1C[C@H](C(=O)N2CCC(c3noc(-c4ccncc4)n3)CC2)CC1=O. The number of likely N-dealkylation sites (tertiary alicyclic amines) is 2. The normalized spacial score (nSPS) is 21.1. The Labute approximate surface area is 170 Å². The molecule has 8 nitrogen and oxygen atoms in total. The lowest BCUT2D eigenvalue weighted by Gasteiger charge is -2.34. The minimum atomic E-state index is -0.246. The molecule has 29 heavy (non-hydrogen) atoms. The van der Waals surface area contributed by atoms with Crippen LogP contribution in [0.3, 0.4) is 0 Å². The van der Waals surface area contributed by atoms with Crippen LogP contribution < -0.4 is 0 Å². The third-order valence-corrected chi connectivity index (χ3v) is 5.82. The number of piperidine rings is 1. The summed E-state index contributed by atoms with van der Waals surface area (Å²) in [6.45, 7) is 7.85. The van der Waals surface area contributed by atoms with E-state index >= 15 is 0 Å². The van der Waals surface area contributed by atoms with Crippen LogP contribution in [0.1, 0.15) is 51.8 Å². The fraction of sp³-hybridized carbons (Fsp3) is 0.571. The van der Waals surface area contributed by atoms with Crippen molar-refractivity contribution in [1.82, 2.24) is 24.9 Å². The van der Waals surface area contributed by atoms with Gasteiger partial charge in [-0.2, -0.15) is 4.98 Å². The third kappa shape index (κ3) is 4.02. The summed E-state index contributed by atoms with van der Waals surface area (Å²) in [6, 6.07) is 3.67. The van der Waals surface area contributed by atoms with Crippen LogP contribution in [0, 0.1) is 5.92 Å². The average Bonchev–Trinajstić information content (AvgIpc) is 3.35. The lowest BCUT2D eigenvalue weighted by Crippen LogP contribution is -2.45. The molecule has 2 aliphatic heterocycles. The first-order chi connectivity index (χ1) is 13.8. The molecule has 2 aliphatic rings. The molecule has 0 unspecified atom stereocenters. The van der Waals surface area contributed by atoms with Gasteiger partial charge in [-0.25, -0.2) is 0 Å². The molecule has 4 heterocycles. The molecule has 0 aliphatic carbocycles. The van der Waals surface area contributed by atoms with Gasteiger partial charge in [-0.15, -0.1) is 0 Å². The second-order valence-electron chi connectivity index (χ2n) is 8.87. The monoisotopic (exact) mass is 397 g/mol. The third-order valence-electron chi connectivity index (χ3n) is 5.82. The lowest BCUT2D eigenvalue weighted by molar-refractivity contribution is -0.136. The maximum Gasteiger partial charge on any atom is 0.258 e. The van der Waals surface area contributed by atoms with Crippen molar-refractivity contribution in [3.63, 3.8) is 0 Å². The van der Waals surface area contributed by atoms with Gasteiger partial charge in [-0.05, 0) is 45.7 Å². The first-order valence-corrected chi connectivity index (χ1v) is 10.2. The Bertz CT molecular complexity index is 881. The van der Waals surface area contributed by atoms with E-state index in [1.54, 1.807) is 12.4 Å². The fourth-order valence-corrected chi connectivity index (χ4v) is 4.15. The van der Waals surface area contributed by atoms with Gasteiger partial charge >= 0.3 is 0 Å². The van der Waals surface area contributed by atoms with Gasteiger partial charge in [-0.1, -0.05) is 5.16 Å². The molecular formula is C21H27N5O3. The minimum Gasteiger partial charge on any atom is -0.342 e. The maximum atomic E-state index is 12.9. The van der Waals surface area contributed by atoms with E-state index in [0.29, 0.717) is 37.8 Å². The van der Waals surface area contributed by atoms with Crippen LogP contribution in [0.25, 0.3) is 11.5 Å². The standard InChI is InChI=1S/C21H27N5O3/c1-21(2,3)26-13-16(12-17(26)27)20(28)25-10-6-14(7-11-25)18-23-19(29-24-18)15-4-8-22-9-5-15/h4-5,8-9,14,16H,6-7,10-13H2,1-3H3/t16-/m1/s1. The lowest BCUT2D eigenvalue weighted by atomic mass is 9.95. The van der Waals surface area contributed by atoms with Crippen molar-refractivity contribution in [3.05, 3.63) is 30.4 Å². The Kier molecular flexibility index (Phi) is 5.10. The van der Waals surface area contributed by atoms with Crippen molar-refractivity contribution in [3.8, 4) is 11.5 Å². The predicted octanol–water partition coefficient (Wildman–Crippen LogP) is 2.48. The zero-order chi connectivity index (χ0) is 20.6. The Morgan fingerprint density at radius 2 is 1.86 bits per heavy atom. The van der Waals surface area contributed by atoms with Gasteiger partial charge in [0.2, 0.25) is 11.8 Å². The van der Waals surface area contributed by atoms with Gasteiger partial charge in [0.1, 0.15) is 0 Å². The average molecular weight is 397 g/mol. The zero-order valence-electron chi connectivity index (χ0n) is 17.2. The van der Waals surface area contributed by atoms with Gasteiger partial charge in [-0.3, -0.25) is 14.6 Å². The van der Waals surface area contributed by atoms with E-state index in [2.05, 4.69) is 15.1 Å². The molecule has 0 N–H and O–H groups in total. The van der Waals surface area contributed by atoms with Gasteiger partial charge in [0.05, 0.1) is 5.92 Å². The number of hydrogen-bond acceptors (Lipinski definition) is 6. The smallest absolute Gasteiger partial charge is 0.258 e. The molecule has 8 heteroatoms. The molecule has 0 saturated carbocycles. The second-order valence-corrected chi connectivity index (χ2v) is 8.87. The van der Waals surface area contributed by atoms with Crippen molar-refractivity contribution in [1.29, 1.82) is 0 Å². The molecule has 0 radical (unpaired) electrons. The molecule has 0 spiro atoms. The van der Waals surface area contributed by atoms with E-state index in [-0.39, 0.29) is 29.2 Å². The van der Waals surface area contributed by atoms with E-state index in [0.717, 1.165) is 18.4 Å². The number of carbonyl (C=O) groups excluding carboxylic acids is 2. The van der Waals surface area contributed by atoms with Gasteiger partial charge in [0, 0.05) is 55.5 Å². The van der Waals surface area contributed by atoms with E-state index in [1.165, 1.54) is 0 Å². The Morgan fingerprint density at radius 3 is 2.48 bits per heavy atom. The number of nitrogens with zero attached hydrogens (tertiary/aromatic N) is 5. The molecule has 2 fully saturated rings. The summed E-state index contributed by atoms with van der Waals surface area (Å²) in [5.41, 5.74) is 0.602. The summed E-state index contributed by atoms with van der Waals surface area (Å²) in [5.74, 6) is 1.29.